The van der Waals surface area contributed by atoms with Crippen molar-refractivity contribution in [2.24, 2.45) is 11.3 Å². The number of hydrogen-bond acceptors (Lipinski definition) is 1. The van der Waals surface area contributed by atoms with E-state index in [9.17, 15) is 0 Å². The Kier molecular flexibility index (Phi) is 7.29. The van der Waals surface area contributed by atoms with Crippen LogP contribution >= 0.6 is 0 Å². The first-order chi connectivity index (χ1) is 9.40. The van der Waals surface area contributed by atoms with E-state index < -0.39 is 0 Å². The van der Waals surface area contributed by atoms with Gasteiger partial charge in [0.1, 0.15) is 0 Å². The second kappa shape index (κ2) is 8.46. The van der Waals surface area contributed by atoms with Crippen LogP contribution in [0.2, 0.25) is 0 Å². The molecule has 114 valence electrons. The van der Waals surface area contributed by atoms with Crippen LogP contribution in [0.4, 0.5) is 0 Å². The molecule has 1 rings (SSSR count). The van der Waals surface area contributed by atoms with E-state index in [2.05, 4.69) is 57.4 Å². The molecule has 0 saturated carbocycles. The minimum atomic E-state index is 0.424. The Morgan fingerprint density at radius 2 is 2.10 bits per heavy atom. The fraction of sp³-hybridized carbons (Fsp3) is 0.684. The van der Waals surface area contributed by atoms with Crippen LogP contribution in [-0.2, 0) is 0 Å². The van der Waals surface area contributed by atoms with E-state index in [0.717, 1.165) is 25.4 Å². The highest BCUT2D eigenvalue weighted by molar-refractivity contribution is 5.23. The Morgan fingerprint density at radius 3 is 2.65 bits per heavy atom. The van der Waals surface area contributed by atoms with E-state index in [1.165, 1.54) is 31.4 Å². The van der Waals surface area contributed by atoms with Gasteiger partial charge in [0, 0.05) is 19.6 Å². The summed E-state index contributed by atoms with van der Waals surface area (Å²) in [5, 5.41) is 0. The van der Waals surface area contributed by atoms with E-state index in [1.54, 1.807) is 0 Å². The molecule has 1 atom stereocenters. The van der Waals surface area contributed by atoms with Crippen LogP contribution in [0.25, 0.3) is 0 Å². The van der Waals surface area contributed by atoms with Crippen LogP contribution in [0.5, 0.6) is 0 Å². The number of rotatable bonds is 8. The third-order valence-electron chi connectivity index (χ3n) is 3.66. The second-order valence-electron chi connectivity index (χ2n) is 7.44. The van der Waals surface area contributed by atoms with Gasteiger partial charge in [-0.15, -0.1) is 6.58 Å². The Bertz CT molecular complexity index is 343. The van der Waals surface area contributed by atoms with Gasteiger partial charge in [0.2, 0.25) is 0 Å². The molecule has 1 nitrogen and oxygen atoms in total. The van der Waals surface area contributed by atoms with Crippen LogP contribution in [0.3, 0.4) is 0 Å². The monoisotopic (exact) mass is 275 g/mol. The summed E-state index contributed by atoms with van der Waals surface area (Å²) < 4.78 is 0. The normalized spacial score (nSPS) is 17.1. The minimum Gasteiger partial charge on any atom is -0.299 e. The molecule has 0 aromatic heterocycles. The topological polar surface area (TPSA) is 3.24 Å². The molecule has 0 fully saturated rings. The summed E-state index contributed by atoms with van der Waals surface area (Å²) in [5.41, 5.74) is 1.91. The van der Waals surface area contributed by atoms with Gasteiger partial charge in [0.15, 0.2) is 0 Å². The lowest BCUT2D eigenvalue weighted by Gasteiger charge is -2.30. The van der Waals surface area contributed by atoms with Crippen molar-refractivity contribution in [3.63, 3.8) is 0 Å². The maximum absolute atomic E-state index is 3.86. The van der Waals surface area contributed by atoms with Gasteiger partial charge < -0.3 is 0 Å². The van der Waals surface area contributed by atoms with E-state index in [1.807, 2.05) is 6.08 Å². The molecule has 0 N–H and O–H groups in total. The lowest BCUT2D eigenvalue weighted by Crippen LogP contribution is -2.32. The van der Waals surface area contributed by atoms with Gasteiger partial charge in [-0.3, -0.25) is 4.90 Å². The molecule has 0 saturated heterocycles. The van der Waals surface area contributed by atoms with Gasteiger partial charge in [0.05, 0.1) is 0 Å². The van der Waals surface area contributed by atoms with Crippen molar-refractivity contribution >= 4 is 0 Å². The zero-order valence-electron chi connectivity index (χ0n) is 14.0. The smallest absolute Gasteiger partial charge is 0.0230 e. The quantitative estimate of drug-likeness (QED) is 0.549. The Labute approximate surface area is 126 Å². The van der Waals surface area contributed by atoms with Crippen LogP contribution < -0.4 is 0 Å². The van der Waals surface area contributed by atoms with Crippen LogP contribution in [0.15, 0.2) is 36.5 Å². The van der Waals surface area contributed by atoms with Gasteiger partial charge in [-0.25, -0.2) is 0 Å². The molecule has 1 heteroatoms. The summed E-state index contributed by atoms with van der Waals surface area (Å²) in [6.07, 6.45) is 13.8. The summed E-state index contributed by atoms with van der Waals surface area (Å²) >= 11 is 0. The first-order valence-corrected chi connectivity index (χ1v) is 8.09. The molecule has 0 bridgehead atoms. The molecule has 0 spiro atoms. The van der Waals surface area contributed by atoms with E-state index in [0.29, 0.717) is 5.41 Å². The summed E-state index contributed by atoms with van der Waals surface area (Å²) in [4.78, 5) is 2.60. The minimum absolute atomic E-state index is 0.424. The van der Waals surface area contributed by atoms with Gasteiger partial charge in [-0.05, 0) is 42.6 Å². The summed E-state index contributed by atoms with van der Waals surface area (Å²) in [6.45, 7) is 16.7. The average Bonchev–Trinajstić information content (AvgIpc) is 2.35. The molecule has 0 heterocycles. The third-order valence-corrected chi connectivity index (χ3v) is 3.66. The highest BCUT2D eigenvalue weighted by atomic mass is 15.1. The van der Waals surface area contributed by atoms with Crippen molar-refractivity contribution in [3.05, 3.63) is 36.5 Å². The molecular formula is C19H33N. The van der Waals surface area contributed by atoms with Gasteiger partial charge in [0.25, 0.3) is 0 Å². The van der Waals surface area contributed by atoms with Gasteiger partial charge >= 0.3 is 0 Å². The lowest BCUT2D eigenvalue weighted by molar-refractivity contribution is 0.214. The number of hydrogen-bond donors (Lipinski definition) is 0. The Hall–Kier alpha value is -0.820. The maximum Gasteiger partial charge on any atom is 0.0230 e. The largest absolute Gasteiger partial charge is 0.299 e. The first-order valence-electron chi connectivity index (χ1n) is 8.09. The standard InChI is InChI=1S/C19H33N/c1-6-7-13-20(15-17(2)14-19(3,4)5)16-18-11-9-8-10-12-18/h6,9,11-12,17H,1,7-8,10,13-16H2,2-5H3. The zero-order valence-corrected chi connectivity index (χ0v) is 14.0. The predicted octanol–water partition coefficient (Wildman–Crippen LogP) is 5.21. The molecule has 0 amide bonds. The number of nitrogens with zero attached hydrogens (tertiary/aromatic N) is 1. The molecule has 1 aliphatic carbocycles. The first kappa shape index (κ1) is 17.2. The third kappa shape index (κ3) is 7.69. The molecule has 0 aromatic carbocycles. The van der Waals surface area contributed by atoms with Crippen molar-refractivity contribution in [2.45, 2.75) is 53.4 Å². The van der Waals surface area contributed by atoms with Gasteiger partial charge in [-0.2, -0.15) is 0 Å². The van der Waals surface area contributed by atoms with Crippen LogP contribution in [0, 0.1) is 11.3 Å². The van der Waals surface area contributed by atoms with Crippen molar-refractivity contribution in [3.8, 4) is 0 Å². The van der Waals surface area contributed by atoms with Crippen molar-refractivity contribution in [1.29, 1.82) is 0 Å². The van der Waals surface area contributed by atoms with E-state index in [-0.39, 0.29) is 0 Å². The van der Waals surface area contributed by atoms with Crippen molar-refractivity contribution < 1.29 is 0 Å². The van der Waals surface area contributed by atoms with E-state index >= 15 is 0 Å². The zero-order chi connectivity index (χ0) is 15.0. The second-order valence-corrected chi connectivity index (χ2v) is 7.44. The van der Waals surface area contributed by atoms with Crippen molar-refractivity contribution in [2.75, 3.05) is 19.6 Å². The summed E-state index contributed by atoms with van der Waals surface area (Å²) in [5.74, 6) is 0.744. The van der Waals surface area contributed by atoms with Crippen LogP contribution in [0.1, 0.15) is 53.4 Å². The summed E-state index contributed by atoms with van der Waals surface area (Å²) in [7, 11) is 0. The molecule has 0 aromatic rings. The Morgan fingerprint density at radius 1 is 1.35 bits per heavy atom. The Balaban J connectivity index is 2.52. The molecule has 20 heavy (non-hydrogen) atoms. The summed E-state index contributed by atoms with van der Waals surface area (Å²) in [6, 6.07) is 0. The fourth-order valence-electron chi connectivity index (χ4n) is 3.10. The molecular weight excluding hydrogens is 242 g/mol. The van der Waals surface area contributed by atoms with Crippen LogP contribution in [-0.4, -0.2) is 24.5 Å². The highest BCUT2D eigenvalue weighted by Crippen LogP contribution is 2.25. The highest BCUT2D eigenvalue weighted by Gasteiger charge is 2.18. The SMILES string of the molecule is C=CCCN(CC1=CCCC=C1)CC(C)CC(C)(C)C. The van der Waals surface area contributed by atoms with E-state index in [4.69, 9.17) is 0 Å². The van der Waals surface area contributed by atoms with Gasteiger partial charge in [-0.1, -0.05) is 52.0 Å². The van der Waals surface area contributed by atoms with Crippen molar-refractivity contribution in [1.82, 2.24) is 4.90 Å². The molecule has 1 aliphatic rings. The maximum atomic E-state index is 3.86. The predicted molar refractivity (Wildman–Crippen MR) is 90.9 cm³/mol. The molecule has 1 unspecified atom stereocenters. The lowest BCUT2D eigenvalue weighted by atomic mass is 9.85. The average molecular weight is 275 g/mol. The molecule has 0 radical (unpaired) electrons. The molecule has 0 aliphatic heterocycles. The number of allylic oxidation sites excluding steroid dienone is 2. The fourth-order valence-corrected chi connectivity index (χ4v) is 3.10.